The normalized spacial score (nSPS) is 25.5. The summed E-state index contributed by atoms with van der Waals surface area (Å²) in [5.41, 5.74) is 0.141. The van der Waals surface area contributed by atoms with Crippen LogP contribution in [0.3, 0.4) is 0 Å². The molecule has 27 heavy (non-hydrogen) atoms. The number of hydrogen-bond donors (Lipinski definition) is 2. The Hall–Kier alpha value is -0.760. The van der Waals surface area contributed by atoms with Crippen LogP contribution in [0, 0.1) is 0 Å². The summed E-state index contributed by atoms with van der Waals surface area (Å²) < 4.78 is 11.6. The van der Waals surface area contributed by atoms with E-state index in [1.807, 2.05) is 12.1 Å². The van der Waals surface area contributed by atoms with Crippen molar-refractivity contribution < 1.29 is 9.15 Å². The van der Waals surface area contributed by atoms with Crippen LogP contribution in [-0.4, -0.2) is 36.8 Å². The Labute approximate surface area is 180 Å². The summed E-state index contributed by atoms with van der Waals surface area (Å²) in [6.07, 6.45) is 15.1. The van der Waals surface area contributed by atoms with Crippen LogP contribution in [0.2, 0.25) is 0 Å². The molecule has 1 aliphatic heterocycles. The molecule has 4 rings (SSSR count). The van der Waals surface area contributed by atoms with Gasteiger partial charge in [0.15, 0.2) is 5.96 Å². The molecule has 1 saturated heterocycles. The second kappa shape index (κ2) is 10.1. The number of guanidine groups is 1. The third-order valence-electron chi connectivity index (χ3n) is 6.25. The fourth-order valence-electron chi connectivity index (χ4n) is 4.84. The number of nitrogens with zero attached hydrogens (tertiary/aromatic N) is 1. The predicted octanol–water partition coefficient (Wildman–Crippen LogP) is 4.41. The fourth-order valence-corrected chi connectivity index (χ4v) is 4.84. The van der Waals surface area contributed by atoms with Crippen molar-refractivity contribution in [1.82, 2.24) is 10.6 Å². The van der Waals surface area contributed by atoms with E-state index in [9.17, 15) is 0 Å². The van der Waals surface area contributed by atoms with Crippen molar-refractivity contribution in [2.45, 2.75) is 88.3 Å². The maximum atomic E-state index is 6.19. The van der Waals surface area contributed by atoms with Crippen molar-refractivity contribution in [2.75, 3.05) is 13.2 Å². The SMILES string of the molecule is I.c1coc(CCN=C(NC2CCCC2)NC2CCOC3(CCCC3)C2)c1. The van der Waals surface area contributed by atoms with E-state index in [0.29, 0.717) is 12.1 Å². The van der Waals surface area contributed by atoms with Gasteiger partial charge in [0.25, 0.3) is 0 Å². The molecule has 1 unspecified atom stereocenters. The molecule has 2 heterocycles. The first kappa shape index (κ1) is 21.0. The smallest absolute Gasteiger partial charge is 0.191 e. The van der Waals surface area contributed by atoms with Gasteiger partial charge in [-0.3, -0.25) is 4.99 Å². The molecular formula is C21H34IN3O2. The summed E-state index contributed by atoms with van der Waals surface area (Å²) in [5, 5.41) is 7.43. The summed E-state index contributed by atoms with van der Waals surface area (Å²) in [6.45, 7) is 1.63. The molecule has 2 N–H and O–H groups in total. The Morgan fingerprint density at radius 2 is 1.85 bits per heavy atom. The van der Waals surface area contributed by atoms with Gasteiger partial charge in [0.1, 0.15) is 5.76 Å². The van der Waals surface area contributed by atoms with Gasteiger partial charge in [0.2, 0.25) is 0 Å². The highest BCUT2D eigenvalue weighted by atomic mass is 127. The molecule has 2 aliphatic carbocycles. The largest absolute Gasteiger partial charge is 0.469 e. The lowest BCUT2D eigenvalue weighted by Crippen LogP contribution is -2.52. The van der Waals surface area contributed by atoms with Crippen molar-refractivity contribution in [3.8, 4) is 0 Å². The molecule has 1 aromatic heterocycles. The van der Waals surface area contributed by atoms with Crippen LogP contribution in [0.5, 0.6) is 0 Å². The zero-order chi connectivity index (χ0) is 17.7. The van der Waals surface area contributed by atoms with Crippen LogP contribution in [0.25, 0.3) is 0 Å². The van der Waals surface area contributed by atoms with E-state index in [0.717, 1.165) is 44.1 Å². The second-order valence-electron chi connectivity index (χ2n) is 8.26. The molecule has 1 spiro atoms. The topological polar surface area (TPSA) is 58.8 Å². The molecule has 0 bridgehead atoms. The lowest BCUT2D eigenvalue weighted by molar-refractivity contribution is -0.0815. The van der Waals surface area contributed by atoms with Gasteiger partial charge < -0.3 is 19.8 Å². The minimum absolute atomic E-state index is 0. The minimum Gasteiger partial charge on any atom is -0.469 e. The Kier molecular flexibility index (Phi) is 7.87. The summed E-state index contributed by atoms with van der Waals surface area (Å²) in [7, 11) is 0. The Bertz CT molecular complexity index is 578. The van der Waals surface area contributed by atoms with Crippen LogP contribution >= 0.6 is 24.0 Å². The van der Waals surface area contributed by atoms with E-state index in [2.05, 4.69) is 10.6 Å². The summed E-state index contributed by atoms with van der Waals surface area (Å²) in [4.78, 5) is 4.86. The zero-order valence-corrected chi connectivity index (χ0v) is 18.6. The lowest BCUT2D eigenvalue weighted by Gasteiger charge is -2.39. The predicted molar refractivity (Wildman–Crippen MR) is 119 cm³/mol. The summed E-state index contributed by atoms with van der Waals surface area (Å²) in [5.74, 6) is 1.99. The molecule has 5 nitrogen and oxygen atoms in total. The van der Waals surface area contributed by atoms with Gasteiger partial charge in [-0.05, 0) is 50.7 Å². The van der Waals surface area contributed by atoms with Crippen molar-refractivity contribution in [1.29, 1.82) is 0 Å². The van der Waals surface area contributed by atoms with Crippen LogP contribution in [-0.2, 0) is 11.2 Å². The fraction of sp³-hybridized carbons (Fsp3) is 0.762. The molecule has 1 atom stereocenters. The highest BCUT2D eigenvalue weighted by Gasteiger charge is 2.40. The van der Waals surface area contributed by atoms with E-state index >= 15 is 0 Å². The van der Waals surface area contributed by atoms with Crippen LogP contribution in [0.15, 0.2) is 27.8 Å². The number of halogens is 1. The molecular weight excluding hydrogens is 453 g/mol. The van der Waals surface area contributed by atoms with Gasteiger partial charge in [0, 0.05) is 31.7 Å². The van der Waals surface area contributed by atoms with Crippen LogP contribution in [0.4, 0.5) is 0 Å². The molecule has 3 fully saturated rings. The standard InChI is InChI=1S/C21H33N3O2.HI/c1-2-7-17(6-1)23-20(22-13-9-19-8-5-14-25-19)24-18-10-15-26-21(16-18)11-3-4-12-21;/h5,8,14,17-18H,1-4,6-7,9-13,15-16H2,(H2,22,23,24);1H. The third kappa shape index (κ3) is 5.86. The minimum atomic E-state index is 0. The van der Waals surface area contributed by atoms with E-state index in [4.69, 9.17) is 14.1 Å². The van der Waals surface area contributed by atoms with Gasteiger partial charge in [-0.25, -0.2) is 0 Å². The highest BCUT2D eigenvalue weighted by molar-refractivity contribution is 14.0. The van der Waals surface area contributed by atoms with Crippen molar-refractivity contribution in [2.24, 2.45) is 4.99 Å². The molecule has 3 aliphatic rings. The third-order valence-corrected chi connectivity index (χ3v) is 6.25. The number of aliphatic imine (C=N–C) groups is 1. The van der Waals surface area contributed by atoms with Crippen molar-refractivity contribution in [3.63, 3.8) is 0 Å². The molecule has 2 saturated carbocycles. The van der Waals surface area contributed by atoms with E-state index in [-0.39, 0.29) is 29.6 Å². The van der Waals surface area contributed by atoms with Crippen LogP contribution in [0.1, 0.15) is 70.0 Å². The molecule has 0 aromatic carbocycles. The van der Waals surface area contributed by atoms with Gasteiger partial charge in [-0.1, -0.05) is 25.7 Å². The maximum absolute atomic E-state index is 6.19. The Morgan fingerprint density at radius 1 is 1.07 bits per heavy atom. The average Bonchev–Trinajstić information content (AvgIpc) is 3.39. The number of ether oxygens (including phenoxy) is 1. The van der Waals surface area contributed by atoms with Gasteiger partial charge in [0.05, 0.1) is 11.9 Å². The van der Waals surface area contributed by atoms with Gasteiger partial charge in [-0.15, -0.1) is 24.0 Å². The van der Waals surface area contributed by atoms with Crippen molar-refractivity contribution in [3.05, 3.63) is 24.2 Å². The van der Waals surface area contributed by atoms with E-state index in [1.165, 1.54) is 51.4 Å². The van der Waals surface area contributed by atoms with Crippen molar-refractivity contribution >= 4 is 29.9 Å². The average molecular weight is 487 g/mol. The first-order chi connectivity index (χ1) is 12.8. The lowest BCUT2D eigenvalue weighted by atomic mass is 9.89. The molecule has 0 amide bonds. The van der Waals surface area contributed by atoms with Crippen LogP contribution < -0.4 is 10.6 Å². The quantitative estimate of drug-likeness (QED) is 0.367. The summed E-state index contributed by atoms with van der Waals surface area (Å²) in [6, 6.07) is 5.01. The highest BCUT2D eigenvalue weighted by Crippen LogP contribution is 2.39. The summed E-state index contributed by atoms with van der Waals surface area (Å²) >= 11 is 0. The van der Waals surface area contributed by atoms with Gasteiger partial charge in [-0.2, -0.15) is 0 Å². The second-order valence-corrected chi connectivity index (χ2v) is 8.26. The number of hydrogen-bond acceptors (Lipinski definition) is 3. The first-order valence-electron chi connectivity index (χ1n) is 10.6. The molecule has 6 heteroatoms. The molecule has 152 valence electrons. The molecule has 0 radical (unpaired) electrons. The monoisotopic (exact) mass is 487 g/mol. The maximum Gasteiger partial charge on any atom is 0.191 e. The van der Waals surface area contributed by atoms with E-state index in [1.54, 1.807) is 6.26 Å². The number of rotatable bonds is 5. The van der Waals surface area contributed by atoms with E-state index < -0.39 is 0 Å². The molecule has 1 aromatic rings. The Balaban J connectivity index is 0.00000210. The Morgan fingerprint density at radius 3 is 2.59 bits per heavy atom. The van der Waals surface area contributed by atoms with Gasteiger partial charge >= 0.3 is 0 Å². The number of furan rings is 1. The number of nitrogens with one attached hydrogen (secondary N) is 2. The zero-order valence-electron chi connectivity index (χ0n) is 16.3. The first-order valence-corrected chi connectivity index (χ1v) is 10.6.